The molecule has 3 heteroatoms. The zero-order chi connectivity index (χ0) is 14.5. The Hall–Kier alpha value is -0.240. The van der Waals surface area contributed by atoms with Crippen LogP contribution < -0.4 is 5.32 Å². The SMILES string of the molecule is CCNC(c1c(Cl)cccc1Cl)C1CCC(CC)CC1. The Balaban J connectivity index is 2.19. The molecule has 1 saturated carbocycles. The number of rotatable bonds is 5. The summed E-state index contributed by atoms with van der Waals surface area (Å²) in [6, 6.07) is 6.11. The molecule has 0 saturated heterocycles. The first-order valence-corrected chi connectivity index (χ1v) is 8.60. The molecular formula is C17H25Cl2N. The minimum absolute atomic E-state index is 0.291. The number of hydrogen-bond acceptors (Lipinski definition) is 1. The van der Waals surface area contributed by atoms with Gasteiger partial charge in [0.15, 0.2) is 0 Å². The quantitative estimate of drug-likeness (QED) is 0.717. The standard InChI is InChI=1S/C17H25Cl2N/c1-3-12-8-10-13(11-9-12)17(20-4-2)16-14(18)6-5-7-15(16)19/h5-7,12-13,17,20H,3-4,8-11H2,1-2H3. The van der Waals surface area contributed by atoms with E-state index in [4.69, 9.17) is 23.2 Å². The molecule has 1 aromatic rings. The van der Waals surface area contributed by atoms with E-state index in [0.717, 1.165) is 28.1 Å². The maximum Gasteiger partial charge on any atom is 0.0468 e. The highest BCUT2D eigenvalue weighted by molar-refractivity contribution is 6.36. The summed E-state index contributed by atoms with van der Waals surface area (Å²) < 4.78 is 0. The summed E-state index contributed by atoms with van der Waals surface area (Å²) in [4.78, 5) is 0. The molecule has 0 aromatic heterocycles. The molecule has 1 aromatic carbocycles. The van der Waals surface area contributed by atoms with Crippen molar-refractivity contribution in [3.05, 3.63) is 33.8 Å². The number of benzene rings is 1. The molecule has 0 bridgehead atoms. The topological polar surface area (TPSA) is 12.0 Å². The first-order chi connectivity index (χ1) is 9.67. The highest BCUT2D eigenvalue weighted by atomic mass is 35.5. The highest BCUT2D eigenvalue weighted by Gasteiger charge is 2.29. The van der Waals surface area contributed by atoms with Gasteiger partial charge < -0.3 is 5.32 Å². The molecule has 1 nitrogen and oxygen atoms in total. The average Bonchev–Trinajstić information content (AvgIpc) is 2.46. The molecule has 1 atom stereocenters. The normalized spacial score (nSPS) is 24.6. The molecular weight excluding hydrogens is 289 g/mol. The van der Waals surface area contributed by atoms with Gasteiger partial charge in [-0.3, -0.25) is 0 Å². The van der Waals surface area contributed by atoms with Gasteiger partial charge in [0.25, 0.3) is 0 Å². The first-order valence-electron chi connectivity index (χ1n) is 7.84. The monoisotopic (exact) mass is 313 g/mol. The van der Waals surface area contributed by atoms with Crippen LogP contribution in [0, 0.1) is 11.8 Å². The van der Waals surface area contributed by atoms with Crippen LogP contribution in [0.15, 0.2) is 18.2 Å². The summed E-state index contributed by atoms with van der Waals surface area (Å²) in [5.74, 6) is 1.56. The minimum Gasteiger partial charge on any atom is -0.310 e. The third-order valence-electron chi connectivity index (χ3n) is 4.67. The van der Waals surface area contributed by atoms with Gasteiger partial charge >= 0.3 is 0 Å². The summed E-state index contributed by atoms with van der Waals surface area (Å²) >= 11 is 12.8. The molecule has 0 spiro atoms. The number of halogens is 2. The van der Waals surface area contributed by atoms with Crippen molar-refractivity contribution in [2.75, 3.05) is 6.54 Å². The molecule has 1 aliphatic rings. The van der Waals surface area contributed by atoms with Gasteiger partial charge in [0.1, 0.15) is 0 Å². The van der Waals surface area contributed by atoms with E-state index in [0.29, 0.717) is 12.0 Å². The molecule has 0 radical (unpaired) electrons. The predicted molar refractivity (Wildman–Crippen MR) is 88.6 cm³/mol. The summed E-state index contributed by atoms with van der Waals surface area (Å²) in [6.07, 6.45) is 6.54. The third kappa shape index (κ3) is 3.69. The Bertz CT molecular complexity index is 405. The van der Waals surface area contributed by atoms with Gasteiger partial charge in [-0.2, -0.15) is 0 Å². The van der Waals surface area contributed by atoms with Crippen LogP contribution in [0.1, 0.15) is 57.6 Å². The molecule has 1 N–H and O–H groups in total. The van der Waals surface area contributed by atoms with Gasteiger partial charge in [-0.15, -0.1) is 0 Å². The number of hydrogen-bond donors (Lipinski definition) is 1. The van der Waals surface area contributed by atoms with E-state index in [1.165, 1.54) is 32.1 Å². The van der Waals surface area contributed by atoms with Gasteiger partial charge in [0.2, 0.25) is 0 Å². The predicted octanol–water partition coefficient (Wildman–Crippen LogP) is 5.86. The van der Waals surface area contributed by atoms with Crippen molar-refractivity contribution in [3.63, 3.8) is 0 Å². The average molecular weight is 314 g/mol. The Morgan fingerprint density at radius 3 is 2.20 bits per heavy atom. The zero-order valence-electron chi connectivity index (χ0n) is 12.5. The van der Waals surface area contributed by atoms with Crippen LogP contribution in [0.3, 0.4) is 0 Å². The van der Waals surface area contributed by atoms with E-state index in [-0.39, 0.29) is 0 Å². The smallest absolute Gasteiger partial charge is 0.0468 e. The molecule has 0 heterocycles. The second kappa shape index (κ2) is 7.68. The van der Waals surface area contributed by atoms with E-state index < -0.39 is 0 Å². The Morgan fingerprint density at radius 1 is 1.10 bits per heavy atom. The lowest BCUT2D eigenvalue weighted by molar-refractivity contribution is 0.220. The molecule has 20 heavy (non-hydrogen) atoms. The van der Waals surface area contributed by atoms with Crippen LogP contribution in [-0.4, -0.2) is 6.54 Å². The third-order valence-corrected chi connectivity index (χ3v) is 5.33. The Kier molecular flexibility index (Phi) is 6.20. The van der Waals surface area contributed by atoms with Crippen molar-refractivity contribution < 1.29 is 0 Å². The van der Waals surface area contributed by atoms with Crippen LogP contribution in [0.25, 0.3) is 0 Å². The van der Waals surface area contributed by atoms with Crippen molar-refractivity contribution in [1.82, 2.24) is 5.32 Å². The molecule has 1 unspecified atom stereocenters. The summed E-state index contributed by atoms with van der Waals surface area (Å²) in [6.45, 7) is 5.40. The Morgan fingerprint density at radius 2 is 1.70 bits per heavy atom. The van der Waals surface area contributed by atoms with Gasteiger partial charge in [-0.25, -0.2) is 0 Å². The van der Waals surface area contributed by atoms with Gasteiger partial charge in [-0.05, 0) is 43.4 Å². The van der Waals surface area contributed by atoms with Crippen LogP contribution in [-0.2, 0) is 0 Å². The molecule has 2 rings (SSSR count). The second-order valence-electron chi connectivity index (χ2n) is 5.86. The van der Waals surface area contributed by atoms with E-state index in [1.54, 1.807) is 0 Å². The van der Waals surface area contributed by atoms with Gasteiger partial charge in [0, 0.05) is 21.7 Å². The summed E-state index contributed by atoms with van der Waals surface area (Å²) in [7, 11) is 0. The second-order valence-corrected chi connectivity index (χ2v) is 6.67. The summed E-state index contributed by atoms with van der Waals surface area (Å²) in [5, 5.41) is 5.20. The Labute approximate surface area is 133 Å². The maximum atomic E-state index is 6.41. The molecule has 112 valence electrons. The van der Waals surface area contributed by atoms with Gasteiger partial charge in [0.05, 0.1) is 0 Å². The molecule has 1 fully saturated rings. The van der Waals surface area contributed by atoms with Crippen LogP contribution >= 0.6 is 23.2 Å². The molecule has 0 amide bonds. The van der Waals surface area contributed by atoms with Crippen LogP contribution in [0.2, 0.25) is 10.0 Å². The molecule has 0 aliphatic heterocycles. The summed E-state index contributed by atoms with van der Waals surface area (Å²) in [5.41, 5.74) is 1.10. The van der Waals surface area contributed by atoms with Crippen molar-refractivity contribution in [2.45, 2.75) is 52.0 Å². The van der Waals surface area contributed by atoms with Crippen LogP contribution in [0.5, 0.6) is 0 Å². The van der Waals surface area contributed by atoms with E-state index in [1.807, 2.05) is 18.2 Å². The highest BCUT2D eigenvalue weighted by Crippen LogP contribution is 2.41. The minimum atomic E-state index is 0.291. The lowest BCUT2D eigenvalue weighted by Gasteiger charge is -2.35. The van der Waals surface area contributed by atoms with Crippen LogP contribution in [0.4, 0.5) is 0 Å². The fourth-order valence-electron chi connectivity index (χ4n) is 3.46. The maximum absolute atomic E-state index is 6.41. The zero-order valence-corrected chi connectivity index (χ0v) is 14.0. The van der Waals surface area contributed by atoms with Crippen molar-refractivity contribution in [2.24, 2.45) is 11.8 Å². The van der Waals surface area contributed by atoms with E-state index in [9.17, 15) is 0 Å². The van der Waals surface area contributed by atoms with Crippen molar-refractivity contribution in [1.29, 1.82) is 0 Å². The molecule has 1 aliphatic carbocycles. The van der Waals surface area contributed by atoms with Crippen molar-refractivity contribution >= 4 is 23.2 Å². The first kappa shape index (κ1) is 16.1. The van der Waals surface area contributed by atoms with Gasteiger partial charge in [-0.1, -0.05) is 62.4 Å². The van der Waals surface area contributed by atoms with Crippen molar-refractivity contribution in [3.8, 4) is 0 Å². The lowest BCUT2D eigenvalue weighted by atomic mass is 9.76. The van der Waals surface area contributed by atoms with E-state index >= 15 is 0 Å². The lowest BCUT2D eigenvalue weighted by Crippen LogP contribution is -2.31. The fraction of sp³-hybridized carbons (Fsp3) is 0.647. The largest absolute Gasteiger partial charge is 0.310 e. The van der Waals surface area contributed by atoms with E-state index in [2.05, 4.69) is 19.2 Å². The fourth-order valence-corrected chi connectivity index (χ4v) is 4.09. The number of nitrogens with one attached hydrogen (secondary N) is 1.